The normalized spacial score (nSPS) is 10.7. The van der Waals surface area contributed by atoms with Crippen LogP contribution in [-0.4, -0.2) is 47.3 Å². The second-order valence-electron chi connectivity index (χ2n) is 3.95. The Morgan fingerprint density at radius 2 is 2.20 bits per heavy atom. The van der Waals surface area contributed by atoms with Gasteiger partial charge in [-0.3, -0.25) is 4.79 Å². The molecule has 0 aliphatic carbocycles. The number of rotatable bonds is 3. The summed E-state index contributed by atoms with van der Waals surface area (Å²) in [7, 11) is 1.27. The Labute approximate surface area is 114 Å². The first kappa shape index (κ1) is 16.0. The van der Waals surface area contributed by atoms with Crippen LogP contribution in [0, 0.1) is 11.8 Å². The summed E-state index contributed by atoms with van der Waals surface area (Å²) in [5, 5.41) is 8.63. The van der Waals surface area contributed by atoms with Crippen molar-refractivity contribution in [2.45, 2.75) is 12.6 Å². The molecule has 0 atom stereocenters. The average Bonchev–Trinajstić information content (AvgIpc) is 2.41. The molecule has 20 heavy (non-hydrogen) atoms. The number of halogens is 3. The molecule has 108 valence electrons. The molecule has 7 heteroatoms. The summed E-state index contributed by atoms with van der Waals surface area (Å²) in [6, 6.07) is 3.06. The molecule has 1 heterocycles. The fraction of sp³-hybridized carbons (Fsp3) is 0.385. The van der Waals surface area contributed by atoms with Crippen molar-refractivity contribution in [3.05, 3.63) is 29.6 Å². The van der Waals surface area contributed by atoms with Crippen LogP contribution in [-0.2, 0) is 0 Å². The lowest BCUT2D eigenvalue weighted by molar-refractivity contribution is -0.136. The van der Waals surface area contributed by atoms with Crippen molar-refractivity contribution in [1.29, 1.82) is 0 Å². The summed E-state index contributed by atoms with van der Waals surface area (Å²) >= 11 is 0. The van der Waals surface area contributed by atoms with Crippen molar-refractivity contribution >= 4 is 5.91 Å². The van der Waals surface area contributed by atoms with Gasteiger partial charge in [0.15, 0.2) is 0 Å². The van der Waals surface area contributed by atoms with Crippen LogP contribution in [0.15, 0.2) is 18.3 Å². The molecule has 0 aliphatic rings. The number of aliphatic hydroxyl groups is 1. The van der Waals surface area contributed by atoms with Crippen LogP contribution in [0.3, 0.4) is 0 Å². The van der Waals surface area contributed by atoms with Crippen molar-refractivity contribution in [3.63, 3.8) is 0 Å². The predicted octanol–water partition coefficient (Wildman–Crippen LogP) is 1.45. The zero-order valence-corrected chi connectivity index (χ0v) is 10.7. The third kappa shape index (κ3) is 4.90. The number of hydrogen-bond donors (Lipinski definition) is 1. The minimum absolute atomic E-state index is 0.0295. The highest BCUT2D eigenvalue weighted by molar-refractivity contribution is 5.94. The van der Waals surface area contributed by atoms with E-state index in [0.717, 1.165) is 4.90 Å². The molecule has 1 aromatic rings. The van der Waals surface area contributed by atoms with Gasteiger partial charge in [-0.2, -0.15) is 13.2 Å². The molecular weight excluding hydrogens is 273 g/mol. The minimum Gasteiger partial charge on any atom is -0.384 e. The number of aromatic nitrogens is 1. The molecule has 0 unspecified atom stereocenters. The van der Waals surface area contributed by atoms with E-state index in [1.165, 1.54) is 19.3 Å². The van der Waals surface area contributed by atoms with E-state index in [9.17, 15) is 18.0 Å². The molecular formula is C13H13F3N2O2. The van der Waals surface area contributed by atoms with E-state index in [0.29, 0.717) is 0 Å². The van der Waals surface area contributed by atoms with Gasteiger partial charge in [0.1, 0.15) is 12.3 Å². The first-order chi connectivity index (χ1) is 9.35. The van der Waals surface area contributed by atoms with Crippen molar-refractivity contribution in [1.82, 2.24) is 9.88 Å². The lowest BCUT2D eigenvalue weighted by atomic mass is 10.1. The number of hydrogen-bond acceptors (Lipinski definition) is 3. The molecule has 0 radical (unpaired) electrons. The number of carbonyl (C=O) groups is 1. The Kier molecular flexibility index (Phi) is 5.53. The second kappa shape index (κ2) is 6.91. The Bertz CT molecular complexity index is 532. The predicted molar refractivity (Wildman–Crippen MR) is 65.8 cm³/mol. The van der Waals surface area contributed by atoms with E-state index >= 15 is 0 Å². The smallest absolute Gasteiger partial charge is 0.384 e. The van der Waals surface area contributed by atoms with E-state index in [1.807, 2.05) is 0 Å². The molecule has 0 aromatic carbocycles. The zero-order chi connectivity index (χ0) is 15.2. The summed E-state index contributed by atoms with van der Waals surface area (Å²) in [5.74, 6) is 4.27. The molecule has 1 aromatic heterocycles. The van der Waals surface area contributed by atoms with Gasteiger partial charge in [0.2, 0.25) is 0 Å². The number of amides is 1. The highest BCUT2D eigenvalue weighted by atomic mass is 19.4. The van der Waals surface area contributed by atoms with Crippen LogP contribution in [0.5, 0.6) is 0 Å². The molecule has 0 saturated carbocycles. The van der Waals surface area contributed by atoms with E-state index in [4.69, 9.17) is 5.11 Å². The molecule has 0 spiro atoms. The van der Waals surface area contributed by atoms with Gasteiger partial charge >= 0.3 is 6.18 Å². The van der Waals surface area contributed by atoms with Crippen LogP contribution in [0.25, 0.3) is 0 Å². The van der Waals surface area contributed by atoms with Crippen LogP contribution < -0.4 is 0 Å². The van der Waals surface area contributed by atoms with Gasteiger partial charge in [0.25, 0.3) is 5.91 Å². The van der Waals surface area contributed by atoms with Gasteiger partial charge in [-0.05, 0) is 12.1 Å². The van der Waals surface area contributed by atoms with Gasteiger partial charge in [-0.1, -0.05) is 11.8 Å². The number of carbonyl (C=O) groups excluding carboxylic acids is 1. The van der Waals surface area contributed by atoms with Gasteiger partial charge in [-0.25, -0.2) is 4.98 Å². The maximum absolute atomic E-state index is 12.1. The Morgan fingerprint density at radius 1 is 1.50 bits per heavy atom. The molecule has 1 amide bonds. The number of pyridine rings is 1. The largest absolute Gasteiger partial charge is 0.390 e. The maximum Gasteiger partial charge on any atom is 0.390 e. The lowest BCUT2D eigenvalue weighted by Crippen LogP contribution is -2.31. The summed E-state index contributed by atoms with van der Waals surface area (Å²) in [6.07, 6.45) is -4.05. The molecule has 0 bridgehead atoms. The highest BCUT2D eigenvalue weighted by Gasteiger charge is 2.28. The third-order valence-corrected chi connectivity index (χ3v) is 2.39. The van der Waals surface area contributed by atoms with E-state index in [2.05, 4.69) is 16.8 Å². The van der Waals surface area contributed by atoms with E-state index < -0.39 is 25.0 Å². The molecule has 0 saturated heterocycles. The fourth-order valence-electron chi connectivity index (χ4n) is 1.39. The molecule has 0 fully saturated rings. The highest BCUT2D eigenvalue weighted by Crippen LogP contribution is 2.20. The van der Waals surface area contributed by atoms with Crippen molar-refractivity contribution in [2.75, 3.05) is 20.2 Å². The van der Waals surface area contributed by atoms with Crippen molar-refractivity contribution in [2.24, 2.45) is 0 Å². The Balaban J connectivity index is 2.86. The molecule has 0 aliphatic heterocycles. The van der Waals surface area contributed by atoms with Gasteiger partial charge in [-0.15, -0.1) is 0 Å². The molecule has 1 N–H and O–H groups in total. The topological polar surface area (TPSA) is 53.4 Å². The zero-order valence-electron chi connectivity index (χ0n) is 10.7. The summed E-state index contributed by atoms with van der Waals surface area (Å²) in [5.41, 5.74) is 0.239. The Morgan fingerprint density at radius 3 is 2.80 bits per heavy atom. The van der Waals surface area contributed by atoms with Gasteiger partial charge in [0.05, 0.1) is 12.0 Å². The Hall–Kier alpha value is -2.07. The van der Waals surface area contributed by atoms with Crippen LogP contribution in [0.2, 0.25) is 0 Å². The first-order valence-corrected chi connectivity index (χ1v) is 5.72. The third-order valence-electron chi connectivity index (χ3n) is 2.39. The van der Waals surface area contributed by atoms with Crippen LogP contribution in [0.4, 0.5) is 13.2 Å². The van der Waals surface area contributed by atoms with Crippen LogP contribution >= 0.6 is 0 Å². The second-order valence-corrected chi connectivity index (χ2v) is 3.95. The fourth-order valence-corrected chi connectivity index (χ4v) is 1.39. The van der Waals surface area contributed by atoms with Crippen LogP contribution in [0.1, 0.15) is 22.5 Å². The number of aliphatic hydroxyl groups excluding tert-OH is 1. The monoisotopic (exact) mass is 286 g/mol. The minimum atomic E-state index is -4.32. The maximum atomic E-state index is 12.1. The number of alkyl halides is 3. The van der Waals surface area contributed by atoms with E-state index in [-0.39, 0.29) is 17.9 Å². The number of nitrogens with zero attached hydrogens (tertiary/aromatic N) is 2. The summed E-state index contributed by atoms with van der Waals surface area (Å²) < 4.78 is 36.4. The van der Waals surface area contributed by atoms with Gasteiger partial charge in [0, 0.05) is 19.8 Å². The summed E-state index contributed by atoms with van der Waals surface area (Å²) in [6.45, 7) is -0.835. The molecule has 4 nitrogen and oxygen atoms in total. The van der Waals surface area contributed by atoms with E-state index in [1.54, 1.807) is 6.07 Å². The first-order valence-electron chi connectivity index (χ1n) is 5.72. The average molecular weight is 286 g/mol. The van der Waals surface area contributed by atoms with Crippen molar-refractivity contribution in [3.8, 4) is 11.8 Å². The summed E-state index contributed by atoms with van der Waals surface area (Å²) in [4.78, 5) is 16.8. The standard InChI is InChI=1S/C13H13F3N2O2/c1-18(8-6-13(14,15)16)12(20)11-10(5-3-9-19)4-2-7-17-11/h2,4,7,19H,6,8-9H2,1H3. The quantitative estimate of drug-likeness (QED) is 0.856. The lowest BCUT2D eigenvalue weighted by Gasteiger charge is -2.18. The van der Waals surface area contributed by atoms with Crippen molar-refractivity contribution < 1.29 is 23.1 Å². The van der Waals surface area contributed by atoms with Gasteiger partial charge < -0.3 is 10.0 Å². The SMILES string of the molecule is CN(CCC(F)(F)F)C(=O)c1ncccc1C#CCO. The molecule has 1 rings (SSSR count).